The van der Waals surface area contributed by atoms with Crippen LogP contribution in [0.3, 0.4) is 0 Å². The molecule has 0 radical (unpaired) electrons. The third-order valence-electron chi connectivity index (χ3n) is 3.65. The Morgan fingerprint density at radius 2 is 1.93 bits per heavy atom. The number of hydroxylamine groups is 2. The number of nitrogens with zero attached hydrogens (tertiary/aromatic N) is 2. The van der Waals surface area contributed by atoms with Gasteiger partial charge in [-0.25, -0.2) is 18.5 Å². The molecular formula is C16H15ClF3N3O4S. The zero-order valence-corrected chi connectivity index (χ0v) is 16.4. The van der Waals surface area contributed by atoms with Crippen LogP contribution in [0.2, 0.25) is 5.02 Å². The molecule has 0 aliphatic heterocycles. The summed E-state index contributed by atoms with van der Waals surface area (Å²) in [6, 6.07) is 3.36. The highest BCUT2D eigenvalue weighted by atomic mass is 35.5. The first-order valence-corrected chi connectivity index (χ1v) is 9.41. The third-order valence-corrected chi connectivity index (χ3v) is 5.39. The van der Waals surface area contributed by atoms with Gasteiger partial charge in [-0.1, -0.05) is 11.6 Å². The normalized spacial score (nSPS) is 12.0. The monoisotopic (exact) mass is 437 g/mol. The molecule has 0 fully saturated rings. The molecule has 12 heteroatoms. The van der Waals surface area contributed by atoms with Crippen LogP contribution < -0.4 is 4.72 Å². The van der Waals surface area contributed by atoms with Crippen molar-refractivity contribution in [3.8, 4) is 0 Å². The number of nitrogens with one attached hydrogen (secondary N) is 1. The van der Waals surface area contributed by atoms with Crippen molar-refractivity contribution < 1.29 is 31.2 Å². The molecule has 0 atom stereocenters. The number of carbonyl (C=O) groups excluding carboxylic acids is 1. The van der Waals surface area contributed by atoms with E-state index in [1.165, 1.54) is 21.1 Å². The van der Waals surface area contributed by atoms with Gasteiger partial charge in [-0.05, 0) is 36.8 Å². The van der Waals surface area contributed by atoms with E-state index in [9.17, 15) is 26.4 Å². The van der Waals surface area contributed by atoms with Crippen LogP contribution in [0.1, 0.15) is 21.6 Å². The maximum atomic E-state index is 12.8. The number of amides is 1. The second-order valence-corrected chi connectivity index (χ2v) is 7.71. The number of benzene rings is 1. The summed E-state index contributed by atoms with van der Waals surface area (Å²) in [6.07, 6.45) is -3.47. The van der Waals surface area contributed by atoms with E-state index in [1.54, 1.807) is 0 Å². The van der Waals surface area contributed by atoms with Gasteiger partial charge in [-0.3, -0.25) is 14.4 Å². The lowest BCUT2D eigenvalue weighted by Gasteiger charge is -2.17. The number of anilines is 1. The second kappa shape index (κ2) is 7.94. The number of hydrogen-bond donors (Lipinski definition) is 1. The number of aromatic nitrogens is 1. The molecule has 0 aliphatic carbocycles. The Morgan fingerprint density at radius 3 is 2.46 bits per heavy atom. The Bertz CT molecular complexity index is 1010. The van der Waals surface area contributed by atoms with Crippen LogP contribution in [0.4, 0.5) is 18.9 Å². The molecule has 1 aromatic heterocycles. The van der Waals surface area contributed by atoms with Crippen LogP contribution in [0.15, 0.2) is 35.4 Å². The van der Waals surface area contributed by atoms with Crippen molar-refractivity contribution in [2.75, 3.05) is 18.9 Å². The Kier molecular flexibility index (Phi) is 6.21. The fraction of sp³-hybridized carbons (Fsp3) is 0.250. The van der Waals surface area contributed by atoms with Crippen LogP contribution in [0.25, 0.3) is 0 Å². The highest BCUT2D eigenvalue weighted by Gasteiger charge is 2.32. The van der Waals surface area contributed by atoms with Crippen molar-refractivity contribution in [3.05, 3.63) is 52.3 Å². The van der Waals surface area contributed by atoms with Gasteiger partial charge in [0.15, 0.2) is 5.69 Å². The predicted octanol–water partition coefficient (Wildman–Crippen LogP) is 3.50. The highest BCUT2D eigenvalue weighted by molar-refractivity contribution is 7.92. The first-order chi connectivity index (χ1) is 12.9. The largest absolute Gasteiger partial charge is 0.416 e. The molecular weight excluding hydrogens is 423 g/mol. The van der Waals surface area contributed by atoms with Crippen molar-refractivity contribution in [1.29, 1.82) is 0 Å². The topological polar surface area (TPSA) is 88.6 Å². The van der Waals surface area contributed by atoms with Gasteiger partial charge in [0.25, 0.3) is 15.9 Å². The van der Waals surface area contributed by atoms with Crippen molar-refractivity contribution in [2.24, 2.45) is 0 Å². The summed E-state index contributed by atoms with van der Waals surface area (Å²) in [6.45, 7) is 1.23. The number of carbonyl (C=O) groups is 1. The average Bonchev–Trinajstić information content (AvgIpc) is 2.59. The van der Waals surface area contributed by atoms with E-state index < -0.39 is 27.7 Å². The summed E-state index contributed by atoms with van der Waals surface area (Å²) in [5.41, 5.74) is -1.66. The minimum absolute atomic E-state index is 0.0402. The Morgan fingerprint density at radius 1 is 1.29 bits per heavy atom. The second-order valence-electron chi connectivity index (χ2n) is 5.62. The van der Waals surface area contributed by atoms with E-state index in [1.807, 2.05) is 0 Å². The first-order valence-electron chi connectivity index (χ1n) is 7.55. The van der Waals surface area contributed by atoms with Gasteiger partial charge in [0, 0.05) is 13.2 Å². The van der Waals surface area contributed by atoms with Crippen molar-refractivity contribution >= 4 is 33.2 Å². The van der Waals surface area contributed by atoms with E-state index in [0.29, 0.717) is 6.07 Å². The zero-order valence-electron chi connectivity index (χ0n) is 14.8. The van der Waals surface area contributed by atoms with Gasteiger partial charge in [-0.15, -0.1) is 0 Å². The summed E-state index contributed by atoms with van der Waals surface area (Å²) in [7, 11) is -1.82. The lowest BCUT2D eigenvalue weighted by atomic mass is 10.1. The molecule has 152 valence electrons. The van der Waals surface area contributed by atoms with Crippen LogP contribution in [-0.4, -0.2) is 38.5 Å². The maximum Gasteiger partial charge on any atom is 0.416 e. The van der Waals surface area contributed by atoms with Crippen molar-refractivity contribution in [1.82, 2.24) is 10.0 Å². The van der Waals surface area contributed by atoms with E-state index in [-0.39, 0.29) is 26.9 Å². The molecule has 2 aromatic rings. The standard InChI is InChI=1S/C16H15ClF3N3O4S/c1-9-6-10(16(18,19)20)4-5-13(9)28(25,26)22-12-7-11(17)8-21-14(12)15(24)23(2)27-3/h4-8,22H,1-3H3. The van der Waals surface area contributed by atoms with Crippen molar-refractivity contribution in [3.63, 3.8) is 0 Å². The Labute approximate surface area is 164 Å². The molecule has 1 heterocycles. The molecule has 0 saturated heterocycles. The predicted molar refractivity (Wildman–Crippen MR) is 95.3 cm³/mol. The van der Waals surface area contributed by atoms with Crippen LogP contribution in [0.5, 0.6) is 0 Å². The molecule has 7 nitrogen and oxygen atoms in total. The Balaban J connectivity index is 2.48. The number of hydrogen-bond acceptors (Lipinski definition) is 5. The molecule has 1 aromatic carbocycles. The van der Waals surface area contributed by atoms with Crippen molar-refractivity contribution in [2.45, 2.75) is 18.0 Å². The summed E-state index contributed by atoms with van der Waals surface area (Å²) in [5.74, 6) is -0.763. The fourth-order valence-corrected chi connectivity index (χ4v) is 3.69. The maximum absolute atomic E-state index is 12.8. The van der Waals surface area contributed by atoms with Crippen LogP contribution in [0, 0.1) is 6.92 Å². The summed E-state index contributed by atoms with van der Waals surface area (Å²) >= 11 is 5.83. The van der Waals surface area contributed by atoms with Gasteiger partial charge in [-0.2, -0.15) is 13.2 Å². The van der Waals surface area contributed by atoms with Gasteiger partial charge in [0.05, 0.1) is 28.3 Å². The molecule has 0 saturated carbocycles. The molecule has 2 rings (SSSR count). The van der Waals surface area contributed by atoms with E-state index in [4.69, 9.17) is 16.4 Å². The Hall–Kier alpha value is -2.37. The molecule has 0 aliphatic rings. The summed E-state index contributed by atoms with van der Waals surface area (Å²) in [5, 5.41) is 0.857. The lowest BCUT2D eigenvalue weighted by molar-refractivity contribution is -0.137. The fourth-order valence-electron chi connectivity index (χ4n) is 2.25. The van der Waals surface area contributed by atoms with E-state index in [0.717, 1.165) is 29.5 Å². The lowest BCUT2D eigenvalue weighted by Crippen LogP contribution is -2.28. The zero-order chi connectivity index (χ0) is 21.3. The molecule has 1 N–H and O–H groups in total. The van der Waals surface area contributed by atoms with E-state index >= 15 is 0 Å². The van der Waals surface area contributed by atoms with Gasteiger partial charge >= 0.3 is 6.18 Å². The highest BCUT2D eigenvalue weighted by Crippen LogP contribution is 2.32. The van der Waals surface area contributed by atoms with Gasteiger partial charge < -0.3 is 0 Å². The number of halogens is 4. The minimum Gasteiger partial charge on any atom is -0.277 e. The van der Waals surface area contributed by atoms with Crippen LogP contribution >= 0.6 is 11.6 Å². The van der Waals surface area contributed by atoms with Crippen LogP contribution in [-0.2, 0) is 21.0 Å². The van der Waals surface area contributed by atoms with Gasteiger partial charge in [0.1, 0.15) is 0 Å². The molecule has 1 amide bonds. The molecule has 28 heavy (non-hydrogen) atoms. The number of alkyl halides is 3. The number of sulfonamides is 1. The molecule has 0 spiro atoms. The smallest absolute Gasteiger partial charge is 0.277 e. The molecule has 0 bridgehead atoms. The molecule has 0 unspecified atom stereocenters. The summed E-state index contributed by atoms with van der Waals surface area (Å²) < 4.78 is 65.9. The number of rotatable bonds is 5. The van der Waals surface area contributed by atoms with E-state index in [2.05, 4.69) is 9.71 Å². The quantitative estimate of drug-likeness (QED) is 0.723. The summed E-state index contributed by atoms with van der Waals surface area (Å²) in [4.78, 5) is 20.5. The third kappa shape index (κ3) is 4.72. The number of pyridine rings is 1. The van der Waals surface area contributed by atoms with Gasteiger partial charge in [0.2, 0.25) is 0 Å². The SMILES string of the molecule is CON(C)C(=O)c1ncc(Cl)cc1NS(=O)(=O)c1ccc(C(F)(F)F)cc1C. The average molecular weight is 438 g/mol. The number of aryl methyl sites for hydroxylation is 1. The minimum atomic E-state index is -4.61. The first kappa shape index (κ1) is 21.9.